The third kappa shape index (κ3) is 3.38. The summed E-state index contributed by atoms with van der Waals surface area (Å²) in [6.07, 6.45) is 2.85. The topological polar surface area (TPSA) is 38.1 Å². The molecule has 0 bridgehead atoms. The lowest BCUT2D eigenvalue weighted by Crippen LogP contribution is -2.18. The molecule has 90 valence electrons. The molecule has 0 radical (unpaired) electrons. The standard InChI is InChI=1S/C12H12BrFN2O/c1-8(9-4-10(14)6-15-5-9)16-7-11-2-3-12(13)17-11/h2-6,8,16H,7H2,1H3/t8-/m1/s1. The normalized spacial score (nSPS) is 12.6. The first-order valence-corrected chi connectivity index (χ1v) is 6.02. The average Bonchev–Trinajstić information content (AvgIpc) is 2.72. The van der Waals surface area contributed by atoms with Crippen molar-refractivity contribution in [2.24, 2.45) is 0 Å². The number of furan rings is 1. The predicted molar refractivity (Wildman–Crippen MR) is 65.9 cm³/mol. The van der Waals surface area contributed by atoms with Crippen LogP contribution in [-0.4, -0.2) is 4.98 Å². The fraction of sp³-hybridized carbons (Fsp3) is 0.250. The van der Waals surface area contributed by atoms with E-state index >= 15 is 0 Å². The van der Waals surface area contributed by atoms with Crippen molar-refractivity contribution in [1.82, 2.24) is 10.3 Å². The van der Waals surface area contributed by atoms with E-state index in [1.807, 2.05) is 19.1 Å². The van der Waals surface area contributed by atoms with E-state index in [1.54, 1.807) is 6.20 Å². The van der Waals surface area contributed by atoms with Crippen LogP contribution in [0.2, 0.25) is 0 Å². The number of hydrogen-bond donors (Lipinski definition) is 1. The Labute approximate surface area is 107 Å². The number of rotatable bonds is 4. The summed E-state index contributed by atoms with van der Waals surface area (Å²) in [7, 11) is 0. The van der Waals surface area contributed by atoms with Crippen LogP contribution >= 0.6 is 15.9 Å². The fourth-order valence-electron chi connectivity index (χ4n) is 1.48. The van der Waals surface area contributed by atoms with Crippen LogP contribution in [0.15, 0.2) is 39.7 Å². The zero-order valence-electron chi connectivity index (χ0n) is 9.28. The third-order valence-corrected chi connectivity index (χ3v) is 2.86. The summed E-state index contributed by atoms with van der Waals surface area (Å²) in [5, 5.41) is 3.23. The third-order valence-electron chi connectivity index (χ3n) is 2.44. The van der Waals surface area contributed by atoms with Gasteiger partial charge in [-0.1, -0.05) is 0 Å². The molecular weight excluding hydrogens is 287 g/mol. The van der Waals surface area contributed by atoms with Crippen molar-refractivity contribution < 1.29 is 8.81 Å². The van der Waals surface area contributed by atoms with Crippen LogP contribution in [-0.2, 0) is 6.54 Å². The van der Waals surface area contributed by atoms with Crippen LogP contribution in [0.1, 0.15) is 24.3 Å². The summed E-state index contributed by atoms with van der Waals surface area (Å²) in [5.74, 6) is 0.505. The van der Waals surface area contributed by atoms with Crippen molar-refractivity contribution in [2.75, 3.05) is 0 Å². The van der Waals surface area contributed by atoms with Gasteiger partial charge in [-0.2, -0.15) is 0 Å². The Bertz CT molecular complexity index is 501. The number of nitrogens with one attached hydrogen (secondary N) is 1. The molecule has 0 aliphatic heterocycles. The van der Waals surface area contributed by atoms with Gasteiger partial charge in [0, 0.05) is 12.2 Å². The number of halogens is 2. The van der Waals surface area contributed by atoms with Crippen molar-refractivity contribution in [1.29, 1.82) is 0 Å². The zero-order valence-corrected chi connectivity index (χ0v) is 10.9. The number of nitrogens with zero attached hydrogens (tertiary/aromatic N) is 1. The summed E-state index contributed by atoms with van der Waals surface area (Å²) < 4.78 is 19.0. The summed E-state index contributed by atoms with van der Waals surface area (Å²) >= 11 is 3.24. The largest absolute Gasteiger partial charge is 0.453 e. The quantitative estimate of drug-likeness (QED) is 0.940. The SMILES string of the molecule is C[C@@H](NCc1ccc(Br)o1)c1cncc(F)c1. The van der Waals surface area contributed by atoms with Gasteiger partial charge in [0.2, 0.25) is 0 Å². The van der Waals surface area contributed by atoms with Gasteiger partial charge in [-0.3, -0.25) is 4.98 Å². The fourth-order valence-corrected chi connectivity index (χ4v) is 1.82. The maximum Gasteiger partial charge on any atom is 0.169 e. The van der Waals surface area contributed by atoms with Gasteiger partial charge in [-0.25, -0.2) is 4.39 Å². The minimum atomic E-state index is -0.322. The minimum Gasteiger partial charge on any atom is -0.453 e. The van der Waals surface area contributed by atoms with Crippen molar-refractivity contribution in [3.63, 3.8) is 0 Å². The maximum atomic E-state index is 13.0. The highest BCUT2D eigenvalue weighted by Crippen LogP contribution is 2.16. The Hall–Kier alpha value is -1.20. The maximum absolute atomic E-state index is 13.0. The van der Waals surface area contributed by atoms with Gasteiger partial charge in [-0.05, 0) is 46.6 Å². The van der Waals surface area contributed by atoms with Crippen LogP contribution < -0.4 is 5.32 Å². The van der Waals surface area contributed by atoms with Gasteiger partial charge in [0.15, 0.2) is 4.67 Å². The second-order valence-corrected chi connectivity index (χ2v) is 4.53. The molecule has 0 amide bonds. The Morgan fingerprint density at radius 1 is 1.47 bits per heavy atom. The van der Waals surface area contributed by atoms with Gasteiger partial charge >= 0.3 is 0 Å². The van der Waals surface area contributed by atoms with Crippen molar-refractivity contribution in [3.8, 4) is 0 Å². The van der Waals surface area contributed by atoms with E-state index < -0.39 is 0 Å². The van der Waals surface area contributed by atoms with Gasteiger partial charge in [0.25, 0.3) is 0 Å². The Morgan fingerprint density at radius 2 is 2.29 bits per heavy atom. The molecule has 2 aromatic heterocycles. The van der Waals surface area contributed by atoms with E-state index in [-0.39, 0.29) is 11.9 Å². The van der Waals surface area contributed by atoms with Crippen LogP contribution in [0.4, 0.5) is 4.39 Å². The first kappa shape index (κ1) is 12.3. The van der Waals surface area contributed by atoms with Gasteiger partial charge in [0.1, 0.15) is 11.6 Å². The Morgan fingerprint density at radius 3 is 2.94 bits per heavy atom. The molecule has 0 saturated heterocycles. The number of aromatic nitrogens is 1. The van der Waals surface area contributed by atoms with Crippen LogP contribution in [0.5, 0.6) is 0 Å². The highest BCUT2D eigenvalue weighted by atomic mass is 79.9. The second kappa shape index (κ2) is 5.42. The molecule has 3 nitrogen and oxygen atoms in total. The molecular formula is C12H12BrFN2O. The Kier molecular flexibility index (Phi) is 3.91. The lowest BCUT2D eigenvalue weighted by atomic mass is 10.1. The molecule has 0 aromatic carbocycles. The van der Waals surface area contributed by atoms with E-state index in [0.29, 0.717) is 11.2 Å². The van der Waals surface area contributed by atoms with Gasteiger partial charge in [-0.15, -0.1) is 0 Å². The first-order chi connectivity index (χ1) is 8.15. The van der Waals surface area contributed by atoms with Crippen molar-refractivity contribution in [3.05, 3.63) is 52.4 Å². The smallest absolute Gasteiger partial charge is 0.169 e. The molecule has 0 aliphatic carbocycles. The van der Waals surface area contributed by atoms with Crippen LogP contribution in [0.3, 0.4) is 0 Å². The number of hydrogen-bond acceptors (Lipinski definition) is 3. The van der Waals surface area contributed by atoms with E-state index in [4.69, 9.17) is 4.42 Å². The lowest BCUT2D eigenvalue weighted by molar-refractivity contribution is 0.446. The predicted octanol–water partition coefficient (Wildman–Crippen LogP) is 3.43. The molecule has 0 aliphatic rings. The van der Waals surface area contributed by atoms with Crippen LogP contribution in [0.25, 0.3) is 0 Å². The van der Waals surface area contributed by atoms with Crippen LogP contribution in [0, 0.1) is 5.82 Å². The van der Waals surface area contributed by atoms with E-state index in [9.17, 15) is 4.39 Å². The molecule has 1 atom stereocenters. The van der Waals surface area contributed by atoms with Gasteiger partial charge in [0.05, 0.1) is 12.7 Å². The molecule has 0 unspecified atom stereocenters. The van der Waals surface area contributed by atoms with E-state index in [2.05, 4.69) is 26.2 Å². The zero-order chi connectivity index (χ0) is 12.3. The number of pyridine rings is 1. The first-order valence-electron chi connectivity index (χ1n) is 5.23. The van der Waals surface area contributed by atoms with E-state index in [0.717, 1.165) is 11.3 Å². The molecule has 0 saturated carbocycles. The molecule has 0 fully saturated rings. The van der Waals surface area contributed by atoms with E-state index in [1.165, 1.54) is 12.3 Å². The minimum absolute atomic E-state index is 0.0158. The Balaban J connectivity index is 1.95. The molecule has 17 heavy (non-hydrogen) atoms. The lowest BCUT2D eigenvalue weighted by Gasteiger charge is -2.12. The van der Waals surface area contributed by atoms with Crippen molar-refractivity contribution >= 4 is 15.9 Å². The van der Waals surface area contributed by atoms with Crippen molar-refractivity contribution in [2.45, 2.75) is 19.5 Å². The summed E-state index contributed by atoms with van der Waals surface area (Å²) in [5.41, 5.74) is 0.815. The molecule has 2 aromatic rings. The highest BCUT2D eigenvalue weighted by molar-refractivity contribution is 9.10. The molecule has 0 spiro atoms. The summed E-state index contributed by atoms with van der Waals surface area (Å²) in [6.45, 7) is 2.54. The summed E-state index contributed by atoms with van der Waals surface area (Å²) in [6, 6.07) is 5.21. The monoisotopic (exact) mass is 298 g/mol. The molecule has 2 rings (SSSR count). The average molecular weight is 299 g/mol. The molecule has 2 heterocycles. The summed E-state index contributed by atoms with van der Waals surface area (Å²) in [4.78, 5) is 3.82. The second-order valence-electron chi connectivity index (χ2n) is 3.74. The van der Waals surface area contributed by atoms with Gasteiger partial charge < -0.3 is 9.73 Å². The molecule has 1 N–H and O–H groups in total. The highest BCUT2D eigenvalue weighted by Gasteiger charge is 2.07. The molecule has 5 heteroatoms.